The summed E-state index contributed by atoms with van der Waals surface area (Å²) in [6, 6.07) is 14.9. The summed E-state index contributed by atoms with van der Waals surface area (Å²) < 4.78 is 6.48. The molecule has 1 aliphatic rings. The number of hydrogen-bond donors (Lipinski definition) is 2. The average Bonchev–Trinajstić information content (AvgIpc) is 2.92. The summed E-state index contributed by atoms with van der Waals surface area (Å²) in [4.78, 5) is 3.60. The Labute approximate surface area is 137 Å². The maximum Gasteiger partial charge on any atom is 0.119 e. The van der Waals surface area contributed by atoms with Gasteiger partial charge in [-0.3, -0.25) is 0 Å². The lowest BCUT2D eigenvalue weighted by atomic mass is 9.94. The first-order valence-electron chi connectivity index (χ1n) is 7.43. The van der Waals surface area contributed by atoms with E-state index in [9.17, 15) is 0 Å². The van der Waals surface area contributed by atoms with Crippen LogP contribution in [-0.2, 0) is 6.42 Å². The van der Waals surface area contributed by atoms with Crippen LogP contribution in [0.4, 0.5) is 0 Å². The molecule has 0 fully saturated rings. The summed E-state index contributed by atoms with van der Waals surface area (Å²) in [5.41, 5.74) is 5.12. The lowest BCUT2D eigenvalue weighted by molar-refractivity contribution is 0.415. The van der Waals surface area contributed by atoms with E-state index in [-0.39, 0.29) is 6.04 Å². The van der Waals surface area contributed by atoms with Crippen molar-refractivity contribution >= 4 is 26.8 Å². The first kappa shape index (κ1) is 13.9. The number of hydrogen-bond acceptors (Lipinski definition) is 2. The standard InChI is InChI=1S/C18H17BrN2O/c1-22-13-5-6-16-15(10-13)14-7-8-20-17(18(14)21-16)11-3-2-4-12(19)9-11/h2-6,9-10,17,20-21H,7-8H2,1H3. The minimum absolute atomic E-state index is 0.208. The Morgan fingerprint density at radius 2 is 2.09 bits per heavy atom. The average molecular weight is 357 g/mol. The van der Waals surface area contributed by atoms with Crippen LogP contribution in [0, 0.1) is 0 Å². The van der Waals surface area contributed by atoms with Gasteiger partial charge in [0.15, 0.2) is 0 Å². The number of H-pyrrole nitrogens is 1. The molecular formula is C18H17BrN2O. The van der Waals surface area contributed by atoms with Gasteiger partial charge >= 0.3 is 0 Å². The minimum atomic E-state index is 0.208. The van der Waals surface area contributed by atoms with E-state index in [1.54, 1.807) is 7.11 Å². The van der Waals surface area contributed by atoms with Crippen molar-refractivity contribution in [1.82, 2.24) is 10.3 Å². The topological polar surface area (TPSA) is 37.0 Å². The third kappa shape index (κ3) is 2.23. The van der Waals surface area contributed by atoms with Crippen LogP contribution in [0.3, 0.4) is 0 Å². The van der Waals surface area contributed by atoms with Crippen molar-refractivity contribution in [1.29, 1.82) is 0 Å². The first-order chi connectivity index (χ1) is 10.8. The molecule has 0 aliphatic carbocycles. The molecule has 3 aromatic rings. The number of halogens is 1. The van der Waals surface area contributed by atoms with Gasteiger partial charge in [0.1, 0.15) is 5.75 Å². The summed E-state index contributed by atoms with van der Waals surface area (Å²) in [6.45, 7) is 0.980. The molecule has 0 amide bonds. The Morgan fingerprint density at radius 3 is 2.91 bits per heavy atom. The lowest BCUT2D eigenvalue weighted by Crippen LogP contribution is -2.30. The van der Waals surface area contributed by atoms with Crippen molar-refractivity contribution < 1.29 is 4.74 Å². The number of rotatable bonds is 2. The fourth-order valence-electron chi connectivity index (χ4n) is 3.30. The molecular weight excluding hydrogens is 340 g/mol. The van der Waals surface area contributed by atoms with E-state index in [1.807, 2.05) is 6.07 Å². The highest BCUT2D eigenvalue weighted by molar-refractivity contribution is 9.10. The minimum Gasteiger partial charge on any atom is -0.497 e. The zero-order valence-corrected chi connectivity index (χ0v) is 13.9. The zero-order chi connectivity index (χ0) is 15.1. The molecule has 0 spiro atoms. The molecule has 1 unspecified atom stereocenters. The number of aromatic nitrogens is 1. The molecule has 0 radical (unpaired) electrons. The number of methoxy groups -OCH3 is 1. The maximum absolute atomic E-state index is 5.37. The second-order valence-corrected chi connectivity index (χ2v) is 6.54. The van der Waals surface area contributed by atoms with Gasteiger partial charge in [-0.2, -0.15) is 0 Å². The normalized spacial score (nSPS) is 17.5. The highest BCUT2D eigenvalue weighted by Crippen LogP contribution is 2.35. The van der Waals surface area contributed by atoms with E-state index in [1.165, 1.54) is 27.7 Å². The van der Waals surface area contributed by atoms with E-state index in [2.05, 4.69) is 62.6 Å². The molecule has 3 nitrogen and oxygen atoms in total. The smallest absolute Gasteiger partial charge is 0.119 e. The predicted molar refractivity (Wildman–Crippen MR) is 92.5 cm³/mol. The summed E-state index contributed by atoms with van der Waals surface area (Å²) in [5.74, 6) is 0.909. The maximum atomic E-state index is 5.37. The van der Waals surface area contributed by atoms with Gasteiger partial charge in [-0.25, -0.2) is 0 Å². The SMILES string of the molecule is COc1ccc2[nH]c3c(c2c1)CCNC3c1cccc(Br)c1. The van der Waals surface area contributed by atoms with Gasteiger partial charge < -0.3 is 15.0 Å². The molecule has 4 heteroatoms. The van der Waals surface area contributed by atoms with E-state index >= 15 is 0 Å². The lowest BCUT2D eigenvalue weighted by Gasteiger charge is -2.25. The number of fused-ring (bicyclic) bond motifs is 3. The Kier molecular flexibility index (Phi) is 3.43. The van der Waals surface area contributed by atoms with Crippen molar-refractivity contribution in [3.63, 3.8) is 0 Å². The molecule has 0 bridgehead atoms. The monoisotopic (exact) mass is 356 g/mol. The van der Waals surface area contributed by atoms with Gasteiger partial charge in [-0.05, 0) is 47.9 Å². The quantitative estimate of drug-likeness (QED) is 0.722. The fraction of sp³-hybridized carbons (Fsp3) is 0.222. The molecule has 0 saturated carbocycles. The third-order valence-electron chi connectivity index (χ3n) is 4.34. The molecule has 2 aromatic carbocycles. The van der Waals surface area contributed by atoms with E-state index in [0.29, 0.717) is 0 Å². The van der Waals surface area contributed by atoms with Gasteiger partial charge in [0, 0.05) is 27.6 Å². The van der Waals surface area contributed by atoms with Gasteiger partial charge in [0.05, 0.1) is 13.2 Å². The van der Waals surface area contributed by atoms with Crippen LogP contribution >= 0.6 is 15.9 Å². The van der Waals surface area contributed by atoms with Crippen LogP contribution in [0.1, 0.15) is 22.9 Å². The van der Waals surface area contributed by atoms with Crippen LogP contribution in [0.5, 0.6) is 5.75 Å². The molecule has 2 N–H and O–H groups in total. The third-order valence-corrected chi connectivity index (χ3v) is 4.83. The summed E-state index contributed by atoms with van der Waals surface area (Å²) in [7, 11) is 1.71. The molecule has 0 saturated heterocycles. The Morgan fingerprint density at radius 1 is 1.18 bits per heavy atom. The van der Waals surface area contributed by atoms with Crippen molar-refractivity contribution in [2.45, 2.75) is 12.5 Å². The van der Waals surface area contributed by atoms with Gasteiger partial charge in [0.2, 0.25) is 0 Å². The largest absolute Gasteiger partial charge is 0.497 e. The number of ether oxygens (including phenoxy) is 1. The highest BCUT2D eigenvalue weighted by Gasteiger charge is 2.25. The number of nitrogens with one attached hydrogen (secondary N) is 2. The van der Waals surface area contributed by atoms with Gasteiger partial charge in [-0.15, -0.1) is 0 Å². The second-order valence-electron chi connectivity index (χ2n) is 5.62. The van der Waals surface area contributed by atoms with Crippen LogP contribution in [0.2, 0.25) is 0 Å². The second kappa shape index (κ2) is 5.45. The molecule has 1 atom stereocenters. The van der Waals surface area contributed by atoms with Crippen molar-refractivity contribution in [2.24, 2.45) is 0 Å². The summed E-state index contributed by atoms with van der Waals surface area (Å²) in [5, 5.41) is 4.90. The highest BCUT2D eigenvalue weighted by atomic mass is 79.9. The van der Waals surface area contributed by atoms with Crippen LogP contribution in [-0.4, -0.2) is 18.6 Å². The van der Waals surface area contributed by atoms with Crippen molar-refractivity contribution in [2.75, 3.05) is 13.7 Å². The molecule has 2 heterocycles. The van der Waals surface area contributed by atoms with Crippen LogP contribution in [0.15, 0.2) is 46.9 Å². The Hall–Kier alpha value is -1.78. The summed E-state index contributed by atoms with van der Waals surface area (Å²) in [6.07, 6.45) is 1.03. The predicted octanol–water partition coefficient (Wildman–Crippen LogP) is 4.17. The Bertz CT molecular complexity index is 840. The van der Waals surface area contributed by atoms with E-state index in [4.69, 9.17) is 4.74 Å². The molecule has 1 aliphatic heterocycles. The first-order valence-corrected chi connectivity index (χ1v) is 8.23. The number of aromatic amines is 1. The Balaban J connectivity index is 1.87. The van der Waals surface area contributed by atoms with Crippen molar-refractivity contribution in [3.8, 4) is 5.75 Å². The van der Waals surface area contributed by atoms with E-state index < -0.39 is 0 Å². The van der Waals surface area contributed by atoms with Crippen LogP contribution < -0.4 is 10.1 Å². The zero-order valence-electron chi connectivity index (χ0n) is 12.3. The molecule has 112 valence electrons. The molecule has 22 heavy (non-hydrogen) atoms. The van der Waals surface area contributed by atoms with E-state index in [0.717, 1.165) is 23.2 Å². The van der Waals surface area contributed by atoms with Gasteiger partial charge in [0.25, 0.3) is 0 Å². The summed E-state index contributed by atoms with van der Waals surface area (Å²) >= 11 is 3.57. The number of benzene rings is 2. The van der Waals surface area contributed by atoms with Crippen LogP contribution in [0.25, 0.3) is 10.9 Å². The molecule has 1 aromatic heterocycles. The fourth-order valence-corrected chi connectivity index (χ4v) is 3.72. The molecule has 4 rings (SSSR count). The van der Waals surface area contributed by atoms with Crippen molar-refractivity contribution in [3.05, 3.63) is 63.8 Å². The van der Waals surface area contributed by atoms with Gasteiger partial charge in [-0.1, -0.05) is 28.1 Å².